The predicted octanol–water partition coefficient (Wildman–Crippen LogP) is 5.40. The van der Waals surface area contributed by atoms with E-state index in [-0.39, 0.29) is 17.2 Å². The first kappa shape index (κ1) is 22.3. The minimum absolute atomic E-state index is 0.117. The quantitative estimate of drug-likeness (QED) is 0.257. The van der Waals surface area contributed by atoms with Crippen molar-refractivity contribution in [2.24, 2.45) is 0 Å². The van der Waals surface area contributed by atoms with Gasteiger partial charge in [0.2, 0.25) is 5.91 Å². The number of benzene rings is 2. The Bertz CT molecular complexity index is 1580. The summed E-state index contributed by atoms with van der Waals surface area (Å²) in [6, 6.07) is 19.4. The fraction of sp³-hybridized carbons (Fsp3) is 0.154. The highest BCUT2D eigenvalue weighted by Crippen LogP contribution is 2.30. The van der Waals surface area contributed by atoms with Gasteiger partial charge in [-0.05, 0) is 54.8 Å². The van der Waals surface area contributed by atoms with Crippen LogP contribution in [0.5, 0.6) is 0 Å². The Morgan fingerprint density at radius 2 is 1.88 bits per heavy atom. The Balaban J connectivity index is 1.49. The monoisotopic (exact) mass is 486 g/mol. The molecule has 0 saturated carbocycles. The second-order valence-corrected chi connectivity index (χ2v) is 9.98. The number of fused-ring (bicyclic) bond motifs is 3. The Hall–Kier alpha value is -3.49. The molecule has 0 aliphatic carbocycles. The summed E-state index contributed by atoms with van der Waals surface area (Å²) in [5.41, 5.74) is 4.56. The molecule has 6 nitrogen and oxygen atoms in total. The Kier molecular flexibility index (Phi) is 6.17. The fourth-order valence-corrected chi connectivity index (χ4v) is 5.53. The molecule has 0 aliphatic rings. The number of amides is 1. The summed E-state index contributed by atoms with van der Waals surface area (Å²) < 4.78 is 2.23. The number of hydrogen-bond acceptors (Lipinski definition) is 6. The van der Waals surface area contributed by atoms with E-state index in [1.165, 1.54) is 28.7 Å². The molecule has 0 fully saturated rings. The van der Waals surface area contributed by atoms with Crippen LogP contribution in [0.3, 0.4) is 0 Å². The first-order valence-corrected chi connectivity index (χ1v) is 12.6. The minimum atomic E-state index is -0.147. The number of hydrogen-bond donors (Lipinski definition) is 1. The number of pyridine rings is 1. The van der Waals surface area contributed by atoms with Crippen LogP contribution in [0, 0.1) is 13.8 Å². The van der Waals surface area contributed by atoms with Crippen LogP contribution in [0.25, 0.3) is 20.4 Å². The third-order valence-corrected chi connectivity index (χ3v) is 7.69. The van der Waals surface area contributed by atoms with Crippen molar-refractivity contribution in [1.82, 2.24) is 14.5 Å². The van der Waals surface area contributed by atoms with Crippen LogP contribution in [-0.4, -0.2) is 26.2 Å². The van der Waals surface area contributed by atoms with Crippen molar-refractivity contribution in [3.8, 4) is 0 Å². The lowest BCUT2D eigenvalue weighted by Crippen LogP contribution is -2.24. The van der Waals surface area contributed by atoms with Gasteiger partial charge in [0, 0.05) is 17.3 Å². The number of nitrogens with zero attached hydrogens (tertiary/aromatic N) is 3. The topological polar surface area (TPSA) is 76.9 Å². The first-order valence-electron chi connectivity index (χ1n) is 10.8. The molecule has 170 valence electrons. The van der Waals surface area contributed by atoms with Gasteiger partial charge in [-0.2, -0.15) is 0 Å². The third kappa shape index (κ3) is 4.47. The molecule has 5 aromatic rings. The van der Waals surface area contributed by atoms with E-state index in [2.05, 4.69) is 10.3 Å². The van der Waals surface area contributed by atoms with Crippen LogP contribution in [0.2, 0.25) is 0 Å². The fourth-order valence-electron chi connectivity index (χ4n) is 3.70. The first-order chi connectivity index (χ1) is 16.5. The molecule has 0 spiro atoms. The normalized spacial score (nSPS) is 11.2. The standard InChI is InChI=1S/C26H22N4O2S2/c1-16-10-11-19(13-17(16)2)28-21(31)15-33-26-29-22-20-9-6-12-27-24(20)34-23(22)25(32)30(26)14-18-7-4-3-5-8-18/h3-13H,14-15H2,1-2H3,(H,28,31). The number of carbonyl (C=O) groups is 1. The lowest BCUT2D eigenvalue weighted by Gasteiger charge is -2.12. The smallest absolute Gasteiger partial charge is 0.272 e. The summed E-state index contributed by atoms with van der Waals surface area (Å²) in [5, 5.41) is 4.31. The summed E-state index contributed by atoms with van der Waals surface area (Å²) in [6.45, 7) is 4.43. The number of thioether (sulfide) groups is 1. The number of thiophene rings is 1. The molecule has 1 amide bonds. The molecule has 0 atom stereocenters. The maximum atomic E-state index is 13.5. The van der Waals surface area contributed by atoms with Crippen LogP contribution in [0.1, 0.15) is 16.7 Å². The van der Waals surface area contributed by atoms with Crippen molar-refractivity contribution in [2.75, 3.05) is 11.1 Å². The van der Waals surface area contributed by atoms with Gasteiger partial charge < -0.3 is 5.32 Å². The molecule has 0 radical (unpaired) electrons. The van der Waals surface area contributed by atoms with Crippen LogP contribution in [0.4, 0.5) is 5.69 Å². The number of aromatic nitrogens is 3. The number of nitrogens with one attached hydrogen (secondary N) is 1. The van der Waals surface area contributed by atoms with Gasteiger partial charge in [0.05, 0.1) is 17.8 Å². The number of rotatable bonds is 6. The van der Waals surface area contributed by atoms with Crippen molar-refractivity contribution in [3.63, 3.8) is 0 Å². The molecule has 3 aromatic heterocycles. The molecule has 0 aliphatic heterocycles. The molecule has 1 N–H and O–H groups in total. The van der Waals surface area contributed by atoms with Crippen LogP contribution in [-0.2, 0) is 11.3 Å². The van der Waals surface area contributed by atoms with Gasteiger partial charge in [0.1, 0.15) is 9.53 Å². The van der Waals surface area contributed by atoms with Crippen LogP contribution in [0.15, 0.2) is 76.8 Å². The van der Waals surface area contributed by atoms with E-state index < -0.39 is 0 Å². The summed E-state index contributed by atoms with van der Waals surface area (Å²) >= 11 is 2.62. The molecular weight excluding hydrogens is 464 g/mol. The van der Waals surface area contributed by atoms with Gasteiger partial charge in [-0.25, -0.2) is 9.97 Å². The van der Waals surface area contributed by atoms with E-state index in [1.807, 2.05) is 74.5 Å². The average Bonchev–Trinajstić information content (AvgIpc) is 3.22. The highest BCUT2D eigenvalue weighted by atomic mass is 32.2. The maximum Gasteiger partial charge on any atom is 0.272 e. The van der Waals surface area contributed by atoms with Gasteiger partial charge in [0.15, 0.2) is 5.16 Å². The lowest BCUT2D eigenvalue weighted by molar-refractivity contribution is -0.113. The zero-order valence-electron chi connectivity index (χ0n) is 18.7. The van der Waals surface area contributed by atoms with Gasteiger partial charge in [-0.15, -0.1) is 11.3 Å². The SMILES string of the molecule is Cc1ccc(NC(=O)CSc2nc3c(sc4ncccc43)c(=O)n2Cc2ccccc2)cc1C. The van der Waals surface area contributed by atoms with Crippen molar-refractivity contribution in [3.05, 3.63) is 93.9 Å². The van der Waals surface area contributed by atoms with E-state index in [1.54, 1.807) is 10.8 Å². The number of carbonyl (C=O) groups excluding carboxylic acids is 1. The van der Waals surface area contributed by atoms with Crippen molar-refractivity contribution >= 4 is 55.1 Å². The van der Waals surface area contributed by atoms with Gasteiger partial charge in [-0.3, -0.25) is 14.2 Å². The largest absolute Gasteiger partial charge is 0.325 e. The predicted molar refractivity (Wildman–Crippen MR) is 140 cm³/mol. The Morgan fingerprint density at radius 3 is 2.68 bits per heavy atom. The molecule has 5 rings (SSSR count). The van der Waals surface area contributed by atoms with E-state index in [9.17, 15) is 9.59 Å². The lowest BCUT2D eigenvalue weighted by atomic mass is 10.1. The second-order valence-electron chi connectivity index (χ2n) is 8.04. The molecule has 0 saturated heterocycles. The van der Waals surface area contributed by atoms with Gasteiger partial charge in [0.25, 0.3) is 5.56 Å². The molecule has 2 aromatic carbocycles. The van der Waals surface area contributed by atoms with Gasteiger partial charge in [-0.1, -0.05) is 48.2 Å². The molecular formula is C26H22N4O2S2. The summed E-state index contributed by atoms with van der Waals surface area (Å²) in [5.74, 6) is -0.00863. The highest BCUT2D eigenvalue weighted by molar-refractivity contribution is 7.99. The van der Waals surface area contributed by atoms with E-state index in [0.29, 0.717) is 21.9 Å². The summed E-state index contributed by atoms with van der Waals surface area (Å²) in [4.78, 5) is 36.2. The number of aryl methyl sites for hydroxylation is 2. The average molecular weight is 487 g/mol. The highest BCUT2D eigenvalue weighted by Gasteiger charge is 2.18. The van der Waals surface area contributed by atoms with Crippen molar-refractivity contribution in [2.45, 2.75) is 25.5 Å². The van der Waals surface area contributed by atoms with Crippen molar-refractivity contribution in [1.29, 1.82) is 0 Å². The Labute approximate surface area is 204 Å². The molecule has 8 heteroatoms. The summed E-state index contributed by atoms with van der Waals surface area (Å²) in [7, 11) is 0. The van der Waals surface area contributed by atoms with Crippen molar-refractivity contribution < 1.29 is 4.79 Å². The third-order valence-electron chi connectivity index (χ3n) is 5.62. The maximum absolute atomic E-state index is 13.5. The van der Waals surface area contributed by atoms with E-state index in [4.69, 9.17) is 4.98 Å². The zero-order valence-corrected chi connectivity index (χ0v) is 20.4. The zero-order chi connectivity index (χ0) is 23.7. The van der Waals surface area contributed by atoms with Crippen LogP contribution < -0.4 is 10.9 Å². The second kappa shape index (κ2) is 9.40. The van der Waals surface area contributed by atoms with Gasteiger partial charge >= 0.3 is 0 Å². The number of anilines is 1. The van der Waals surface area contributed by atoms with E-state index in [0.717, 1.165) is 27.0 Å². The van der Waals surface area contributed by atoms with Crippen LogP contribution >= 0.6 is 23.1 Å². The van der Waals surface area contributed by atoms with E-state index >= 15 is 0 Å². The molecule has 3 heterocycles. The summed E-state index contributed by atoms with van der Waals surface area (Å²) in [6.07, 6.45) is 1.72. The molecule has 34 heavy (non-hydrogen) atoms. The Morgan fingerprint density at radius 1 is 1.06 bits per heavy atom. The molecule has 0 bridgehead atoms. The minimum Gasteiger partial charge on any atom is -0.325 e. The molecule has 0 unspecified atom stereocenters.